The maximum Gasteiger partial charge on any atom is 0.0663 e. The molecule has 1 aliphatic carbocycles. The molecule has 0 aliphatic heterocycles. The molecule has 4 heteroatoms. The van der Waals surface area contributed by atoms with E-state index in [1.165, 1.54) is 24.1 Å². The molecule has 0 aromatic heterocycles. The fraction of sp³-hybridized carbons (Fsp3) is 0.600. The van der Waals surface area contributed by atoms with Gasteiger partial charge < -0.3 is 15.0 Å². The van der Waals surface area contributed by atoms with Crippen molar-refractivity contribution in [1.82, 2.24) is 5.32 Å². The Bertz CT molecular complexity index is 421. The van der Waals surface area contributed by atoms with Crippen molar-refractivity contribution in [2.75, 3.05) is 25.7 Å². The number of likely N-dealkylation sites (N-methyl/N-ethyl adjacent to an activating group) is 1. The second-order valence-corrected chi connectivity index (χ2v) is 6.26. The Balaban J connectivity index is 2.11. The van der Waals surface area contributed by atoms with E-state index in [2.05, 4.69) is 58.3 Å². The summed E-state index contributed by atoms with van der Waals surface area (Å²) in [5.74, 6) is 0. The number of hydrogen-bond acceptors (Lipinski definition) is 3. The highest BCUT2D eigenvalue weighted by atomic mass is 79.9. The first-order valence-corrected chi connectivity index (χ1v) is 7.64. The number of nitrogens with zero attached hydrogens (tertiary/aromatic N) is 1. The summed E-state index contributed by atoms with van der Waals surface area (Å²) in [7, 11) is 3.88. The first-order chi connectivity index (χ1) is 9.11. The first-order valence-electron chi connectivity index (χ1n) is 6.85. The van der Waals surface area contributed by atoms with Crippen LogP contribution in [0.3, 0.4) is 0 Å². The normalized spacial score (nSPS) is 16.4. The lowest BCUT2D eigenvalue weighted by Gasteiger charge is -2.29. The van der Waals surface area contributed by atoms with Gasteiger partial charge in [-0.2, -0.15) is 0 Å². The van der Waals surface area contributed by atoms with Gasteiger partial charge in [0.25, 0.3) is 0 Å². The summed E-state index contributed by atoms with van der Waals surface area (Å²) in [5.41, 5.74) is 2.62. The van der Waals surface area contributed by atoms with Crippen molar-refractivity contribution in [2.45, 2.75) is 38.4 Å². The van der Waals surface area contributed by atoms with Crippen LogP contribution in [0.25, 0.3) is 0 Å². The molecular weight excluding hydrogens is 304 g/mol. The van der Waals surface area contributed by atoms with Crippen LogP contribution in [0.15, 0.2) is 22.7 Å². The number of methoxy groups -OCH3 is 1. The summed E-state index contributed by atoms with van der Waals surface area (Å²) in [5, 5.41) is 3.59. The molecule has 1 saturated carbocycles. The highest BCUT2D eigenvalue weighted by molar-refractivity contribution is 9.10. The van der Waals surface area contributed by atoms with E-state index in [4.69, 9.17) is 4.74 Å². The molecule has 0 radical (unpaired) electrons. The van der Waals surface area contributed by atoms with Crippen LogP contribution in [0, 0.1) is 0 Å². The second kappa shape index (κ2) is 6.73. The maximum absolute atomic E-state index is 5.25. The lowest BCUT2D eigenvalue weighted by atomic mass is 10.1. The largest absolute Gasteiger partial charge is 0.383 e. The predicted molar refractivity (Wildman–Crippen MR) is 83.7 cm³/mol. The van der Waals surface area contributed by atoms with E-state index in [9.17, 15) is 0 Å². The second-order valence-electron chi connectivity index (χ2n) is 5.34. The third kappa shape index (κ3) is 4.20. The smallest absolute Gasteiger partial charge is 0.0663 e. The van der Waals surface area contributed by atoms with E-state index in [1.807, 2.05) is 0 Å². The summed E-state index contributed by atoms with van der Waals surface area (Å²) in [6, 6.07) is 7.59. The van der Waals surface area contributed by atoms with Gasteiger partial charge in [0, 0.05) is 42.9 Å². The fourth-order valence-electron chi connectivity index (χ4n) is 2.17. The Hall–Kier alpha value is -0.580. The molecule has 1 unspecified atom stereocenters. The quantitative estimate of drug-likeness (QED) is 0.832. The summed E-state index contributed by atoms with van der Waals surface area (Å²) >= 11 is 3.56. The van der Waals surface area contributed by atoms with Gasteiger partial charge in [0.1, 0.15) is 0 Å². The number of benzene rings is 1. The SMILES string of the molecule is COCC(C)N(C)c1ccc(Br)cc1CNC1CC1. The van der Waals surface area contributed by atoms with Gasteiger partial charge in [-0.15, -0.1) is 0 Å². The highest BCUT2D eigenvalue weighted by Crippen LogP contribution is 2.27. The molecule has 1 atom stereocenters. The van der Waals surface area contributed by atoms with E-state index in [0.717, 1.165) is 23.7 Å². The average molecular weight is 327 g/mol. The minimum absolute atomic E-state index is 0.367. The molecule has 1 aromatic carbocycles. The summed E-state index contributed by atoms with van der Waals surface area (Å²) in [4.78, 5) is 2.29. The van der Waals surface area contributed by atoms with Gasteiger partial charge in [-0.1, -0.05) is 15.9 Å². The number of halogens is 1. The molecule has 2 rings (SSSR count). The van der Waals surface area contributed by atoms with Crippen molar-refractivity contribution >= 4 is 21.6 Å². The van der Waals surface area contributed by atoms with E-state index in [0.29, 0.717) is 6.04 Å². The van der Waals surface area contributed by atoms with Gasteiger partial charge in [-0.05, 0) is 43.5 Å². The van der Waals surface area contributed by atoms with Gasteiger partial charge in [-0.3, -0.25) is 0 Å². The molecule has 0 heterocycles. The average Bonchev–Trinajstić information content (AvgIpc) is 3.20. The van der Waals surface area contributed by atoms with Crippen molar-refractivity contribution < 1.29 is 4.74 Å². The zero-order valence-corrected chi connectivity index (χ0v) is 13.5. The van der Waals surface area contributed by atoms with Gasteiger partial charge in [0.2, 0.25) is 0 Å². The highest BCUT2D eigenvalue weighted by Gasteiger charge is 2.21. The molecule has 1 N–H and O–H groups in total. The Morgan fingerprint density at radius 2 is 2.21 bits per heavy atom. The third-order valence-electron chi connectivity index (χ3n) is 3.65. The van der Waals surface area contributed by atoms with E-state index >= 15 is 0 Å². The fourth-order valence-corrected chi connectivity index (χ4v) is 2.58. The zero-order chi connectivity index (χ0) is 13.8. The van der Waals surface area contributed by atoms with Crippen LogP contribution >= 0.6 is 15.9 Å². The molecule has 1 fully saturated rings. The number of hydrogen-bond donors (Lipinski definition) is 1. The number of ether oxygens (including phenoxy) is 1. The molecule has 0 saturated heterocycles. The molecule has 106 valence electrons. The van der Waals surface area contributed by atoms with Gasteiger partial charge >= 0.3 is 0 Å². The molecule has 1 aromatic rings. The van der Waals surface area contributed by atoms with E-state index in [-0.39, 0.29) is 0 Å². The Morgan fingerprint density at radius 1 is 1.47 bits per heavy atom. The number of anilines is 1. The summed E-state index contributed by atoms with van der Waals surface area (Å²) < 4.78 is 6.39. The van der Waals surface area contributed by atoms with Crippen LogP contribution in [0.2, 0.25) is 0 Å². The molecule has 0 bridgehead atoms. The lowest BCUT2D eigenvalue weighted by Crippen LogP contribution is -2.33. The Labute approximate surface area is 124 Å². The lowest BCUT2D eigenvalue weighted by molar-refractivity contribution is 0.183. The maximum atomic E-state index is 5.25. The van der Waals surface area contributed by atoms with Crippen LogP contribution in [0.4, 0.5) is 5.69 Å². The topological polar surface area (TPSA) is 24.5 Å². The van der Waals surface area contributed by atoms with Crippen molar-refractivity contribution in [3.05, 3.63) is 28.2 Å². The van der Waals surface area contributed by atoms with Crippen LogP contribution < -0.4 is 10.2 Å². The van der Waals surface area contributed by atoms with Crippen molar-refractivity contribution in [1.29, 1.82) is 0 Å². The van der Waals surface area contributed by atoms with Crippen LogP contribution in [0.5, 0.6) is 0 Å². The molecular formula is C15H23BrN2O. The minimum atomic E-state index is 0.367. The Morgan fingerprint density at radius 3 is 2.84 bits per heavy atom. The third-order valence-corrected chi connectivity index (χ3v) is 4.14. The first kappa shape index (κ1) is 14.8. The minimum Gasteiger partial charge on any atom is -0.383 e. The number of nitrogens with one attached hydrogen (secondary N) is 1. The predicted octanol–water partition coefficient (Wildman–Crippen LogP) is 3.17. The van der Waals surface area contributed by atoms with Gasteiger partial charge in [0.05, 0.1) is 6.61 Å². The Kier molecular flexibility index (Phi) is 5.25. The molecule has 0 amide bonds. The van der Waals surface area contributed by atoms with Crippen LogP contribution in [0.1, 0.15) is 25.3 Å². The zero-order valence-electron chi connectivity index (χ0n) is 11.9. The molecule has 1 aliphatic rings. The van der Waals surface area contributed by atoms with Crippen molar-refractivity contribution in [2.24, 2.45) is 0 Å². The van der Waals surface area contributed by atoms with Gasteiger partial charge in [-0.25, -0.2) is 0 Å². The van der Waals surface area contributed by atoms with E-state index in [1.54, 1.807) is 7.11 Å². The number of rotatable bonds is 7. The monoisotopic (exact) mass is 326 g/mol. The van der Waals surface area contributed by atoms with E-state index < -0.39 is 0 Å². The van der Waals surface area contributed by atoms with Gasteiger partial charge in [0.15, 0.2) is 0 Å². The summed E-state index contributed by atoms with van der Waals surface area (Å²) in [6.45, 7) is 3.86. The van der Waals surface area contributed by atoms with Crippen LogP contribution in [-0.4, -0.2) is 32.8 Å². The molecule has 0 spiro atoms. The van der Waals surface area contributed by atoms with Crippen molar-refractivity contribution in [3.8, 4) is 0 Å². The summed E-state index contributed by atoms with van der Waals surface area (Å²) in [6.07, 6.45) is 2.64. The van der Waals surface area contributed by atoms with Crippen molar-refractivity contribution in [3.63, 3.8) is 0 Å². The standard InChI is InChI=1S/C15H23BrN2O/c1-11(10-19-3)18(2)15-7-4-13(16)8-12(15)9-17-14-5-6-14/h4,7-8,11,14,17H,5-6,9-10H2,1-3H3. The van der Waals surface area contributed by atoms with Crippen LogP contribution in [-0.2, 0) is 11.3 Å². The molecule has 19 heavy (non-hydrogen) atoms. The molecule has 3 nitrogen and oxygen atoms in total.